The molecule has 0 spiro atoms. The van der Waals surface area contributed by atoms with Gasteiger partial charge in [0.2, 0.25) is 0 Å². The average Bonchev–Trinajstić information content (AvgIpc) is 2.69. The number of ether oxygens (including phenoxy) is 1. The smallest absolute Gasteiger partial charge is 0.263 e. The summed E-state index contributed by atoms with van der Waals surface area (Å²) in [7, 11) is 0. The van der Waals surface area contributed by atoms with Crippen LogP contribution < -0.4 is 9.64 Å². The summed E-state index contributed by atoms with van der Waals surface area (Å²) in [5, 5.41) is 0.743. The number of amides is 1. The number of aryl methyl sites for hydroxylation is 3. The second-order valence-electron chi connectivity index (χ2n) is 7.53. The number of carbonyl (C=O) groups excluding carboxylic acids is 1. The molecule has 5 heteroatoms. The summed E-state index contributed by atoms with van der Waals surface area (Å²) in [6, 6.07) is 12.0. The van der Waals surface area contributed by atoms with Gasteiger partial charge in [-0.3, -0.25) is 4.79 Å². The van der Waals surface area contributed by atoms with Gasteiger partial charge in [-0.1, -0.05) is 42.3 Å². The number of hydrogen-bond donors (Lipinski definition) is 0. The molecule has 2 aromatic rings. The normalized spacial score (nSPS) is 15.5. The van der Waals surface area contributed by atoms with E-state index in [1.807, 2.05) is 49.1 Å². The minimum atomic E-state index is -0.444. The standard InChI is InChI=1S/C23H29ClN2O2/c1-5-21(28-22-9-6-16(2)14-18(22)4)23(27)26-12-10-25(11-13-26)20-15-19(24)8-7-17(20)3/h6-9,14-15,21H,5,10-13H2,1-4H3/t21-/m0/s1. The molecule has 0 saturated carbocycles. The van der Waals surface area contributed by atoms with Crippen molar-refractivity contribution < 1.29 is 9.53 Å². The summed E-state index contributed by atoms with van der Waals surface area (Å²) in [6.07, 6.45) is 0.209. The maximum atomic E-state index is 13.0. The maximum absolute atomic E-state index is 13.0. The van der Waals surface area contributed by atoms with Crippen molar-refractivity contribution >= 4 is 23.2 Å². The summed E-state index contributed by atoms with van der Waals surface area (Å²) >= 11 is 6.17. The van der Waals surface area contributed by atoms with Gasteiger partial charge in [0.1, 0.15) is 5.75 Å². The third kappa shape index (κ3) is 4.61. The van der Waals surface area contributed by atoms with Crippen molar-refractivity contribution in [1.82, 2.24) is 4.90 Å². The number of anilines is 1. The van der Waals surface area contributed by atoms with Crippen LogP contribution in [0.2, 0.25) is 5.02 Å². The topological polar surface area (TPSA) is 32.8 Å². The largest absolute Gasteiger partial charge is 0.480 e. The first kappa shape index (κ1) is 20.5. The number of hydrogen-bond acceptors (Lipinski definition) is 3. The molecule has 1 aliphatic heterocycles. The molecule has 1 heterocycles. The first-order valence-corrected chi connectivity index (χ1v) is 10.3. The van der Waals surface area contributed by atoms with E-state index in [1.54, 1.807) is 0 Å². The van der Waals surface area contributed by atoms with Crippen molar-refractivity contribution in [3.63, 3.8) is 0 Å². The fourth-order valence-corrected chi connectivity index (χ4v) is 3.85. The Morgan fingerprint density at radius 3 is 2.39 bits per heavy atom. The lowest BCUT2D eigenvalue weighted by Crippen LogP contribution is -2.52. The van der Waals surface area contributed by atoms with Gasteiger partial charge in [-0.25, -0.2) is 0 Å². The fourth-order valence-electron chi connectivity index (χ4n) is 3.69. The van der Waals surface area contributed by atoms with E-state index in [1.165, 1.54) is 11.1 Å². The molecular formula is C23H29ClN2O2. The van der Waals surface area contributed by atoms with Crippen molar-refractivity contribution in [3.05, 3.63) is 58.1 Å². The van der Waals surface area contributed by atoms with Gasteiger partial charge >= 0.3 is 0 Å². The maximum Gasteiger partial charge on any atom is 0.263 e. The van der Waals surface area contributed by atoms with Gasteiger partial charge in [-0.15, -0.1) is 0 Å². The number of rotatable bonds is 5. The van der Waals surface area contributed by atoms with Gasteiger partial charge in [0.25, 0.3) is 5.91 Å². The first-order valence-electron chi connectivity index (χ1n) is 9.93. The highest BCUT2D eigenvalue weighted by molar-refractivity contribution is 6.30. The molecule has 1 atom stereocenters. The number of carbonyl (C=O) groups is 1. The minimum absolute atomic E-state index is 0.0740. The van der Waals surface area contributed by atoms with Crippen LogP contribution >= 0.6 is 11.6 Å². The van der Waals surface area contributed by atoms with Gasteiger partial charge < -0.3 is 14.5 Å². The second-order valence-corrected chi connectivity index (χ2v) is 7.96. The van der Waals surface area contributed by atoms with E-state index in [2.05, 4.69) is 24.8 Å². The summed E-state index contributed by atoms with van der Waals surface area (Å²) < 4.78 is 6.09. The summed E-state index contributed by atoms with van der Waals surface area (Å²) in [4.78, 5) is 17.3. The monoisotopic (exact) mass is 400 g/mol. The third-order valence-corrected chi connectivity index (χ3v) is 5.58. The SMILES string of the molecule is CC[C@H](Oc1ccc(C)cc1C)C(=O)N1CCN(c2cc(Cl)ccc2C)CC1. The van der Waals surface area contributed by atoms with E-state index in [4.69, 9.17) is 16.3 Å². The molecule has 0 unspecified atom stereocenters. The molecule has 1 aliphatic rings. The Bertz CT molecular complexity index is 844. The molecule has 4 nitrogen and oxygen atoms in total. The molecule has 0 bridgehead atoms. The van der Waals surface area contributed by atoms with Gasteiger partial charge in [0, 0.05) is 36.9 Å². The van der Waals surface area contributed by atoms with Gasteiger partial charge in [0.05, 0.1) is 0 Å². The summed E-state index contributed by atoms with van der Waals surface area (Å²) in [5.41, 5.74) is 4.61. The lowest BCUT2D eigenvalue weighted by molar-refractivity contribution is -0.139. The van der Waals surface area contributed by atoms with Crippen molar-refractivity contribution in [2.45, 2.75) is 40.2 Å². The number of benzene rings is 2. The van der Waals surface area contributed by atoms with Crippen LogP contribution in [0.5, 0.6) is 5.75 Å². The van der Waals surface area contributed by atoms with Crippen LogP contribution in [-0.2, 0) is 4.79 Å². The van der Waals surface area contributed by atoms with E-state index in [0.29, 0.717) is 19.5 Å². The molecule has 1 amide bonds. The Balaban J connectivity index is 1.64. The highest BCUT2D eigenvalue weighted by atomic mass is 35.5. The molecule has 0 aliphatic carbocycles. The molecule has 1 saturated heterocycles. The van der Waals surface area contributed by atoms with Crippen molar-refractivity contribution in [2.24, 2.45) is 0 Å². The van der Waals surface area contributed by atoms with Crippen molar-refractivity contribution in [3.8, 4) is 5.75 Å². The first-order chi connectivity index (χ1) is 13.4. The Morgan fingerprint density at radius 2 is 1.75 bits per heavy atom. The molecule has 150 valence electrons. The lowest BCUT2D eigenvalue weighted by Gasteiger charge is -2.38. The number of nitrogens with zero attached hydrogens (tertiary/aromatic N) is 2. The predicted octanol–water partition coefficient (Wildman–Crippen LogP) is 4.77. The van der Waals surface area contributed by atoms with Crippen LogP contribution in [0, 0.1) is 20.8 Å². The summed E-state index contributed by atoms with van der Waals surface area (Å²) in [6.45, 7) is 11.1. The Kier molecular flexibility index (Phi) is 6.50. The van der Waals surface area contributed by atoms with Crippen molar-refractivity contribution in [2.75, 3.05) is 31.1 Å². The van der Waals surface area contributed by atoms with E-state index in [0.717, 1.165) is 35.1 Å². The molecule has 0 aromatic heterocycles. The van der Waals surface area contributed by atoms with E-state index in [-0.39, 0.29) is 5.91 Å². The highest BCUT2D eigenvalue weighted by Crippen LogP contribution is 2.26. The second kappa shape index (κ2) is 8.87. The van der Waals surface area contributed by atoms with E-state index < -0.39 is 6.10 Å². The Morgan fingerprint density at radius 1 is 1.04 bits per heavy atom. The predicted molar refractivity (Wildman–Crippen MR) is 116 cm³/mol. The van der Waals surface area contributed by atoms with Crippen LogP contribution in [-0.4, -0.2) is 43.1 Å². The number of piperazine rings is 1. The van der Waals surface area contributed by atoms with Crippen molar-refractivity contribution in [1.29, 1.82) is 0 Å². The third-order valence-electron chi connectivity index (χ3n) is 5.35. The number of halogens is 1. The minimum Gasteiger partial charge on any atom is -0.480 e. The van der Waals surface area contributed by atoms with E-state index >= 15 is 0 Å². The molecule has 1 fully saturated rings. The van der Waals surface area contributed by atoms with Crippen LogP contribution in [0.3, 0.4) is 0 Å². The summed E-state index contributed by atoms with van der Waals surface area (Å²) in [5.74, 6) is 0.865. The average molecular weight is 401 g/mol. The zero-order chi connectivity index (χ0) is 20.3. The quantitative estimate of drug-likeness (QED) is 0.724. The molecule has 2 aromatic carbocycles. The Labute approximate surface area is 173 Å². The molecule has 0 radical (unpaired) electrons. The van der Waals surface area contributed by atoms with Crippen LogP contribution in [0.15, 0.2) is 36.4 Å². The van der Waals surface area contributed by atoms with Gasteiger partial charge in [-0.05, 0) is 56.5 Å². The van der Waals surface area contributed by atoms with Crippen LogP contribution in [0.4, 0.5) is 5.69 Å². The fraction of sp³-hybridized carbons (Fsp3) is 0.435. The molecule has 3 rings (SSSR count). The zero-order valence-electron chi connectivity index (χ0n) is 17.2. The van der Waals surface area contributed by atoms with E-state index in [9.17, 15) is 4.79 Å². The van der Waals surface area contributed by atoms with Crippen LogP contribution in [0.25, 0.3) is 0 Å². The molecular weight excluding hydrogens is 372 g/mol. The lowest BCUT2D eigenvalue weighted by atomic mass is 10.1. The van der Waals surface area contributed by atoms with Gasteiger partial charge in [0.15, 0.2) is 6.10 Å². The Hall–Kier alpha value is -2.20. The molecule has 0 N–H and O–H groups in total. The van der Waals surface area contributed by atoms with Gasteiger partial charge in [-0.2, -0.15) is 0 Å². The highest BCUT2D eigenvalue weighted by Gasteiger charge is 2.28. The molecule has 28 heavy (non-hydrogen) atoms. The van der Waals surface area contributed by atoms with Crippen LogP contribution in [0.1, 0.15) is 30.0 Å². The zero-order valence-corrected chi connectivity index (χ0v) is 17.9.